The fraction of sp³-hybridized carbons (Fsp3) is 0.471. The van der Waals surface area contributed by atoms with E-state index < -0.39 is 36.5 Å². The van der Waals surface area contributed by atoms with E-state index in [9.17, 15) is 23.2 Å². The van der Waals surface area contributed by atoms with E-state index >= 15 is 0 Å². The van der Waals surface area contributed by atoms with Crippen LogP contribution in [0.2, 0.25) is 5.02 Å². The topological polar surface area (TPSA) is 111 Å². The molecule has 1 fully saturated rings. The van der Waals surface area contributed by atoms with Crippen LogP contribution in [0.4, 0.5) is 19.3 Å². The molecule has 11 heteroatoms. The van der Waals surface area contributed by atoms with Crippen LogP contribution in [-0.2, 0) is 14.3 Å². The lowest BCUT2D eigenvalue weighted by Crippen LogP contribution is -2.44. The molecule has 3 N–H and O–H groups in total. The summed E-state index contributed by atoms with van der Waals surface area (Å²) < 4.78 is 33.9. The van der Waals surface area contributed by atoms with Gasteiger partial charge in [-0.2, -0.15) is 8.78 Å². The maximum atomic E-state index is 12.2. The van der Waals surface area contributed by atoms with Gasteiger partial charge in [-0.1, -0.05) is 11.6 Å². The number of hydrogen-bond donors (Lipinski definition) is 2. The van der Waals surface area contributed by atoms with Crippen LogP contribution in [0.3, 0.4) is 0 Å². The number of piperidine rings is 1. The van der Waals surface area contributed by atoms with E-state index in [1.54, 1.807) is 0 Å². The summed E-state index contributed by atoms with van der Waals surface area (Å²) in [7, 11) is 0. The zero-order chi connectivity index (χ0) is 20.8. The Morgan fingerprint density at radius 2 is 1.93 bits per heavy atom. The first-order valence-corrected chi connectivity index (χ1v) is 8.85. The normalized spacial score (nSPS) is 15.8. The van der Waals surface area contributed by atoms with E-state index in [1.807, 2.05) is 0 Å². The Hall–Kier alpha value is -2.62. The number of esters is 1. The van der Waals surface area contributed by atoms with E-state index in [0.29, 0.717) is 25.9 Å². The lowest BCUT2D eigenvalue weighted by Gasteiger charge is -2.30. The minimum atomic E-state index is -3.02. The van der Waals surface area contributed by atoms with Gasteiger partial charge < -0.3 is 25.4 Å². The lowest BCUT2D eigenvalue weighted by molar-refractivity contribution is -0.158. The van der Waals surface area contributed by atoms with Crippen molar-refractivity contribution in [2.75, 3.05) is 18.4 Å². The number of anilines is 1. The molecule has 0 aromatic heterocycles. The number of alkyl halides is 2. The minimum Gasteiger partial charge on any atom is -0.452 e. The smallest absolute Gasteiger partial charge is 0.387 e. The monoisotopic (exact) mass is 419 g/mol. The number of primary amides is 1. The molecule has 154 valence electrons. The van der Waals surface area contributed by atoms with Crippen LogP contribution in [-0.4, -0.2) is 48.6 Å². The number of nitrogens with one attached hydrogen (secondary N) is 1. The maximum Gasteiger partial charge on any atom is 0.387 e. The second-order valence-corrected chi connectivity index (χ2v) is 6.60. The highest BCUT2D eigenvalue weighted by molar-refractivity contribution is 6.32. The van der Waals surface area contributed by atoms with Crippen molar-refractivity contribution in [3.05, 3.63) is 23.2 Å². The SMILES string of the molecule is C[C@@H](OC(=O)C1CCN(C(N)=O)CC1)C(=O)Nc1ccc(OC(F)F)c(Cl)c1. The Bertz CT molecular complexity index is 742. The van der Waals surface area contributed by atoms with Crippen molar-refractivity contribution in [3.8, 4) is 5.75 Å². The van der Waals surface area contributed by atoms with E-state index in [1.165, 1.54) is 30.0 Å². The summed E-state index contributed by atoms with van der Waals surface area (Å²) in [5.74, 6) is -1.80. The van der Waals surface area contributed by atoms with Crippen molar-refractivity contribution in [3.63, 3.8) is 0 Å². The number of carbonyl (C=O) groups is 3. The molecule has 0 spiro atoms. The number of hydrogen-bond acceptors (Lipinski definition) is 5. The Labute approximate surface area is 164 Å². The molecular weight excluding hydrogens is 400 g/mol. The van der Waals surface area contributed by atoms with Gasteiger partial charge in [0.15, 0.2) is 6.10 Å². The molecule has 0 unspecified atom stereocenters. The average Bonchev–Trinajstić information content (AvgIpc) is 2.63. The fourth-order valence-electron chi connectivity index (χ4n) is 2.67. The van der Waals surface area contributed by atoms with Gasteiger partial charge in [0, 0.05) is 18.8 Å². The number of carbonyl (C=O) groups excluding carboxylic acids is 3. The van der Waals surface area contributed by atoms with Crippen molar-refractivity contribution >= 4 is 35.2 Å². The molecule has 1 atom stereocenters. The van der Waals surface area contributed by atoms with Gasteiger partial charge in [0.25, 0.3) is 5.91 Å². The summed E-state index contributed by atoms with van der Waals surface area (Å²) in [6, 6.07) is 3.22. The predicted molar refractivity (Wildman–Crippen MR) is 96.1 cm³/mol. The summed E-state index contributed by atoms with van der Waals surface area (Å²) in [5.41, 5.74) is 5.42. The zero-order valence-electron chi connectivity index (χ0n) is 15.0. The molecule has 8 nitrogen and oxygen atoms in total. The molecular formula is C17H20ClF2N3O5. The number of ether oxygens (including phenoxy) is 2. The largest absolute Gasteiger partial charge is 0.452 e. The van der Waals surface area contributed by atoms with E-state index in [-0.39, 0.29) is 16.5 Å². The molecule has 0 saturated carbocycles. The van der Waals surface area contributed by atoms with Gasteiger partial charge in [-0.15, -0.1) is 0 Å². The van der Waals surface area contributed by atoms with Crippen molar-refractivity contribution in [2.45, 2.75) is 32.5 Å². The first kappa shape index (κ1) is 21.7. The second-order valence-electron chi connectivity index (χ2n) is 6.19. The highest BCUT2D eigenvalue weighted by Gasteiger charge is 2.29. The number of nitrogens with zero attached hydrogens (tertiary/aromatic N) is 1. The van der Waals surface area contributed by atoms with E-state index in [0.717, 1.165) is 0 Å². The molecule has 1 aromatic carbocycles. The van der Waals surface area contributed by atoms with Gasteiger partial charge in [-0.3, -0.25) is 9.59 Å². The molecule has 1 aliphatic heterocycles. The van der Waals surface area contributed by atoms with Gasteiger partial charge in [-0.25, -0.2) is 4.79 Å². The van der Waals surface area contributed by atoms with Crippen LogP contribution in [0.1, 0.15) is 19.8 Å². The molecule has 3 amide bonds. The molecule has 1 heterocycles. The Kier molecular flexibility index (Phi) is 7.38. The summed E-state index contributed by atoms with van der Waals surface area (Å²) in [6.45, 7) is -0.920. The van der Waals surface area contributed by atoms with Gasteiger partial charge in [0.2, 0.25) is 0 Å². The first-order chi connectivity index (χ1) is 13.2. The standard InChI is InChI=1S/C17H20ClF2N3O5/c1-9(27-15(25)10-4-6-23(7-5-10)17(21)26)14(24)22-11-2-3-13(12(18)8-11)28-16(19)20/h2-3,8-10,16H,4-7H2,1H3,(H2,21,26)(H,22,24)/t9-/m1/s1. The third-order valence-corrected chi connectivity index (χ3v) is 4.51. The third-order valence-electron chi connectivity index (χ3n) is 4.22. The number of urea groups is 1. The molecule has 1 aromatic rings. The highest BCUT2D eigenvalue weighted by atomic mass is 35.5. The lowest BCUT2D eigenvalue weighted by atomic mass is 9.97. The van der Waals surface area contributed by atoms with Crippen molar-refractivity contribution < 1.29 is 32.6 Å². The van der Waals surface area contributed by atoms with Crippen molar-refractivity contribution in [1.82, 2.24) is 4.90 Å². The predicted octanol–water partition coefficient (Wildman–Crippen LogP) is 2.60. The number of amides is 3. The minimum absolute atomic E-state index is 0.107. The Morgan fingerprint density at radius 3 is 2.46 bits per heavy atom. The van der Waals surface area contributed by atoms with Crippen LogP contribution in [0.5, 0.6) is 5.75 Å². The number of likely N-dealkylation sites (tertiary alicyclic amines) is 1. The van der Waals surface area contributed by atoms with Crippen LogP contribution in [0.25, 0.3) is 0 Å². The molecule has 1 aliphatic rings. The van der Waals surface area contributed by atoms with E-state index in [2.05, 4.69) is 10.1 Å². The summed E-state index contributed by atoms with van der Waals surface area (Å²) in [4.78, 5) is 36.9. The number of halogens is 3. The van der Waals surface area contributed by atoms with Crippen LogP contribution >= 0.6 is 11.6 Å². The number of nitrogens with two attached hydrogens (primary N) is 1. The molecule has 28 heavy (non-hydrogen) atoms. The van der Waals surface area contributed by atoms with Gasteiger partial charge >= 0.3 is 18.6 Å². The first-order valence-electron chi connectivity index (χ1n) is 8.47. The second kappa shape index (κ2) is 9.54. The zero-order valence-corrected chi connectivity index (χ0v) is 15.7. The van der Waals surface area contributed by atoms with Crippen molar-refractivity contribution in [2.24, 2.45) is 11.7 Å². The summed E-state index contributed by atoms with van der Waals surface area (Å²) in [6.07, 6.45) is -0.285. The molecule has 0 radical (unpaired) electrons. The van der Waals surface area contributed by atoms with Crippen LogP contribution in [0, 0.1) is 5.92 Å². The maximum absolute atomic E-state index is 12.2. The van der Waals surface area contributed by atoms with Crippen LogP contribution < -0.4 is 15.8 Å². The molecule has 0 aliphatic carbocycles. The van der Waals surface area contributed by atoms with Crippen molar-refractivity contribution in [1.29, 1.82) is 0 Å². The highest BCUT2D eigenvalue weighted by Crippen LogP contribution is 2.29. The average molecular weight is 420 g/mol. The molecule has 2 rings (SSSR count). The quantitative estimate of drug-likeness (QED) is 0.688. The third kappa shape index (κ3) is 5.95. The Morgan fingerprint density at radius 1 is 1.29 bits per heavy atom. The van der Waals surface area contributed by atoms with E-state index in [4.69, 9.17) is 22.1 Å². The summed E-state index contributed by atoms with van der Waals surface area (Å²) in [5, 5.41) is 2.37. The Balaban J connectivity index is 1.86. The van der Waals surface area contributed by atoms with Gasteiger partial charge in [-0.05, 0) is 38.0 Å². The van der Waals surface area contributed by atoms with Crippen LogP contribution in [0.15, 0.2) is 18.2 Å². The van der Waals surface area contributed by atoms with Gasteiger partial charge in [0.05, 0.1) is 10.9 Å². The molecule has 0 bridgehead atoms. The van der Waals surface area contributed by atoms with Gasteiger partial charge in [0.1, 0.15) is 5.75 Å². The number of rotatable bonds is 6. The number of benzene rings is 1. The molecule has 1 saturated heterocycles. The summed E-state index contributed by atoms with van der Waals surface area (Å²) >= 11 is 5.82. The fourth-order valence-corrected chi connectivity index (χ4v) is 2.90.